The van der Waals surface area contributed by atoms with Crippen LogP contribution in [0.25, 0.3) is 0 Å². The number of carbonyl (C=O) groups excluding carboxylic acids is 1. The van der Waals surface area contributed by atoms with Crippen molar-refractivity contribution in [3.8, 4) is 0 Å². The number of hydrogen-bond acceptors (Lipinski definition) is 5. The highest BCUT2D eigenvalue weighted by Gasteiger charge is 2.05. The molecular formula is C21H22N4O. The zero-order valence-electron chi connectivity index (χ0n) is 15.2. The van der Waals surface area contributed by atoms with Crippen LogP contribution in [0.15, 0.2) is 54.6 Å². The molecule has 0 fully saturated rings. The number of nitrogens with one attached hydrogen (secondary N) is 2. The molecule has 1 heterocycles. The highest BCUT2D eigenvalue weighted by molar-refractivity contribution is 5.95. The van der Waals surface area contributed by atoms with E-state index in [2.05, 4.69) is 39.7 Å². The number of aryl methyl sites for hydroxylation is 2. The first-order valence-electron chi connectivity index (χ1n) is 8.53. The maximum atomic E-state index is 11.5. The van der Waals surface area contributed by atoms with Crippen LogP contribution in [0.5, 0.6) is 0 Å². The Kier molecular flexibility index (Phi) is 5.27. The van der Waals surface area contributed by atoms with E-state index in [0.29, 0.717) is 23.9 Å². The number of ketones is 1. The van der Waals surface area contributed by atoms with Gasteiger partial charge in [-0.15, -0.1) is 0 Å². The van der Waals surface area contributed by atoms with Crippen molar-refractivity contribution in [1.82, 2.24) is 9.97 Å². The number of rotatable bonds is 6. The first-order chi connectivity index (χ1) is 12.5. The van der Waals surface area contributed by atoms with Crippen LogP contribution in [-0.4, -0.2) is 15.8 Å². The molecule has 26 heavy (non-hydrogen) atoms. The number of hydrogen-bond donors (Lipinski definition) is 2. The molecule has 5 nitrogen and oxygen atoms in total. The number of carbonyl (C=O) groups is 1. The van der Waals surface area contributed by atoms with E-state index in [1.807, 2.05) is 43.3 Å². The predicted octanol–water partition coefficient (Wildman–Crippen LogP) is 4.65. The quantitative estimate of drug-likeness (QED) is 0.636. The molecule has 0 saturated carbocycles. The van der Waals surface area contributed by atoms with Crippen LogP contribution in [0, 0.1) is 13.8 Å². The third-order valence-electron chi connectivity index (χ3n) is 4.09. The van der Waals surface area contributed by atoms with Gasteiger partial charge in [0.1, 0.15) is 5.82 Å². The van der Waals surface area contributed by atoms with Gasteiger partial charge in [0.2, 0.25) is 5.95 Å². The van der Waals surface area contributed by atoms with Crippen molar-refractivity contribution in [1.29, 1.82) is 0 Å². The van der Waals surface area contributed by atoms with E-state index in [9.17, 15) is 4.79 Å². The SMILES string of the molecule is CC(=O)c1cccc(Nc2cc(C)nc(NCc3ccccc3C)n2)c1. The van der Waals surface area contributed by atoms with Gasteiger partial charge in [0.15, 0.2) is 5.78 Å². The van der Waals surface area contributed by atoms with E-state index >= 15 is 0 Å². The summed E-state index contributed by atoms with van der Waals surface area (Å²) in [6.07, 6.45) is 0. The van der Waals surface area contributed by atoms with E-state index in [0.717, 1.165) is 11.4 Å². The molecule has 0 unspecified atom stereocenters. The Hall–Kier alpha value is -3.21. The summed E-state index contributed by atoms with van der Waals surface area (Å²) in [6, 6.07) is 17.5. The highest BCUT2D eigenvalue weighted by atomic mass is 16.1. The molecule has 0 atom stereocenters. The van der Waals surface area contributed by atoms with Gasteiger partial charge in [-0.3, -0.25) is 4.79 Å². The number of aromatic nitrogens is 2. The topological polar surface area (TPSA) is 66.9 Å². The predicted molar refractivity (Wildman–Crippen MR) is 105 cm³/mol. The minimum Gasteiger partial charge on any atom is -0.350 e. The standard InChI is InChI=1S/C21H22N4O/c1-14-7-4-5-8-18(14)13-22-21-23-15(2)11-20(25-21)24-19-10-6-9-17(12-19)16(3)26/h4-12H,13H2,1-3H3,(H2,22,23,24,25). The summed E-state index contributed by atoms with van der Waals surface area (Å²) in [6.45, 7) is 6.23. The second-order valence-electron chi connectivity index (χ2n) is 6.26. The summed E-state index contributed by atoms with van der Waals surface area (Å²) in [5, 5.41) is 6.53. The zero-order valence-corrected chi connectivity index (χ0v) is 15.2. The van der Waals surface area contributed by atoms with Crippen LogP contribution >= 0.6 is 0 Å². The van der Waals surface area contributed by atoms with Crippen molar-refractivity contribution in [2.75, 3.05) is 10.6 Å². The number of Topliss-reactive ketones (excluding diaryl/α,β-unsaturated/α-hetero) is 1. The lowest BCUT2D eigenvalue weighted by atomic mass is 10.1. The number of benzene rings is 2. The molecule has 2 aromatic carbocycles. The van der Waals surface area contributed by atoms with Gasteiger partial charge in [-0.1, -0.05) is 36.4 Å². The lowest BCUT2D eigenvalue weighted by molar-refractivity contribution is 0.101. The third-order valence-corrected chi connectivity index (χ3v) is 4.09. The molecule has 0 saturated heterocycles. The molecular weight excluding hydrogens is 324 g/mol. The Morgan fingerprint density at radius 1 is 1.00 bits per heavy atom. The van der Waals surface area contributed by atoms with Gasteiger partial charge >= 0.3 is 0 Å². The van der Waals surface area contributed by atoms with Crippen molar-refractivity contribution in [2.45, 2.75) is 27.3 Å². The van der Waals surface area contributed by atoms with Crippen LogP contribution in [0.4, 0.5) is 17.5 Å². The largest absolute Gasteiger partial charge is 0.350 e. The lowest BCUT2D eigenvalue weighted by Crippen LogP contribution is -2.07. The average Bonchev–Trinajstić information content (AvgIpc) is 2.61. The summed E-state index contributed by atoms with van der Waals surface area (Å²) in [7, 11) is 0. The van der Waals surface area contributed by atoms with Crippen LogP contribution in [0.3, 0.4) is 0 Å². The fraction of sp³-hybridized carbons (Fsp3) is 0.190. The first kappa shape index (κ1) is 17.6. The van der Waals surface area contributed by atoms with E-state index in [1.165, 1.54) is 11.1 Å². The van der Waals surface area contributed by atoms with Crippen LogP contribution in [-0.2, 0) is 6.54 Å². The summed E-state index contributed by atoms with van der Waals surface area (Å²) in [5.74, 6) is 1.29. The minimum atomic E-state index is 0.0353. The van der Waals surface area contributed by atoms with Gasteiger partial charge < -0.3 is 10.6 Å². The normalized spacial score (nSPS) is 10.4. The summed E-state index contributed by atoms with van der Waals surface area (Å²) in [4.78, 5) is 20.5. The Morgan fingerprint density at radius 3 is 2.58 bits per heavy atom. The Bertz CT molecular complexity index is 937. The molecule has 0 radical (unpaired) electrons. The number of anilines is 3. The Morgan fingerprint density at radius 2 is 1.81 bits per heavy atom. The van der Waals surface area contributed by atoms with Crippen molar-refractivity contribution >= 4 is 23.2 Å². The third kappa shape index (κ3) is 4.45. The zero-order chi connectivity index (χ0) is 18.5. The van der Waals surface area contributed by atoms with Gasteiger partial charge in [-0.2, -0.15) is 4.98 Å². The monoisotopic (exact) mass is 346 g/mol. The van der Waals surface area contributed by atoms with E-state index in [4.69, 9.17) is 0 Å². The highest BCUT2D eigenvalue weighted by Crippen LogP contribution is 2.19. The lowest BCUT2D eigenvalue weighted by Gasteiger charge is -2.11. The maximum absolute atomic E-state index is 11.5. The molecule has 0 aliphatic rings. The van der Waals surface area contributed by atoms with Gasteiger partial charge in [-0.05, 0) is 44.0 Å². The summed E-state index contributed by atoms with van der Waals surface area (Å²) in [5.41, 5.74) is 4.78. The van der Waals surface area contributed by atoms with E-state index in [-0.39, 0.29) is 5.78 Å². The Balaban J connectivity index is 1.76. The van der Waals surface area contributed by atoms with E-state index < -0.39 is 0 Å². The van der Waals surface area contributed by atoms with E-state index in [1.54, 1.807) is 13.0 Å². The molecule has 0 aliphatic carbocycles. The molecule has 0 spiro atoms. The Labute approximate surface area is 153 Å². The maximum Gasteiger partial charge on any atom is 0.225 e. The van der Waals surface area contributed by atoms with Gasteiger partial charge in [0.05, 0.1) is 0 Å². The molecule has 1 aromatic heterocycles. The fourth-order valence-corrected chi connectivity index (χ4v) is 2.66. The van der Waals surface area contributed by atoms with Gasteiger partial charge in [0, 0.05) is 29.6 Å². The van der Waals surface area contributed by atoms with Crippen molar-refractivity contribution < 1.29 is 4.79 Å². The van der Waals surface area contributed by atoms with Crippen LogP contribution < -0.4 is 10.6 Å². The molecule has 2 N–H and O–H groups in total. The number of nitrogens with zero attached hydrogens (tertiary/aromatic N) is 2. The summed E-state index contributed by atoms with van der Waals surface area (Å²) < 4.78 is 0. The second kappa shape index (κ2) is 7.78. The van der Waals surface area contributed by atoms with Crippen molar-refractivity contribution in [2.24, 2.45) is 0 Å². The fourth-order valence-electron chi connectivity index (χ4n) is 2.66. The molecule has 0 bridgehead atoms. The molecule has 5 heteroatoms. The van der Waals surface area contributed by atoms with Crippen molar-refractivity contribution in [3.05, 3.63) is 77.0 Å². The molecule has 132 valence electrons. The smallest absolute Gasteiger partial charge is 0.225 e. The second-order valence-corrected chi connectivity index (χ2v) is 6.26. The molecule has 0 aliphatic heterocycles. The summed E-state index contributed by atoms with van der Waals surface area (Å²) >= 11 is 0. The molecule has 3 rings (SSSR count). The van der Waals surface area contributed by atoms with Crippen LogP contribution in [0.2, 0.25) is 0 Å². The average molecular weight is 346 g/mol. The van der Waals surface area contributed by atoms with Crippen LogP contribution in [0.1, 0.15) is 34.1 Å². The molecule has 3 aromatic rings. The van der Waals surface area contributed by atoms with Crippen molar-refractivity contribution in [3.63, 3.8) is 0 Å². The first-order valence-corrected chi connectivity index (χ1v) is 8.53. The molecule has 0 amide bonds. The van der Waals surface area contributed by atoms with Gasteiger partial charge in [0.25, 0.3) is 0 Å². The van der Waals surface area contributed by atoms with Gasteiger partial charge in [-0.25, -0.2) is 4.98 Å². The minimum absolute atomic E-state index is 0.0353.